The highest BCUT2D eigenvalue weighted by Gasteiger charge is 2.24. The van der Waals surface area contributed by atoms with E-state index in [4.69, 9.17) is 0 Å². The van der Waals surface area contributed by atoms with Gasteiger partial charge in [0.1, 0.15) is 23.0 Å². The van der Waals surface area contributed by atoms with E-state index in [9.17, 15) is 18.0 Å². The average molecular weight is 358 g/mol. The Kier molecular flexibility index (Phi) is 4.67. The van der Waals surface area contributed by atoms with Crippen LogP contribution in [0.3, 0.4) is 0 Å². The Morgan fingerprint density at radius 1 is 1.10 bits per heavy atom. The van der Waals surface area contributed by atoms with Gasteiger partial charge in [-0.25, -0.2) is 13.2 Å². The van der Waals surface area contributed by atoms with Gasteiger partial charge in [0.2, 0.25) is 0 Å². The number of amides is 1. The quantitative estimate of drug-likeness (QED) is 0.789. The van der Waals surface area contributed by atoms with Gasteiger partial charge < -0.3 is 4.90 Å². The predicted octanol–water partition coefficient (Wildman–Crippen LogP) is 4.53. The molecule has 0 spiro atoms. The van der Waals surface area contributed by atoms with Gasteiger partial charge in [-0.2, -0.15) is 0 Å². The largest absolute Gasteiger partial charge is 0.308 e. The molecule has 0 N–H and O–H groups in total. The number of rotatable bonds is 3. The zero-order valence-electron chi connectivity index (χ0n) is 11.0. The fourth-order valence-electron chi connectivity index (χ4n) is 1.95. The second kappa shape index (κ2) is 6.30. The van der Waals surface area contributed by atoms with Crippen LogP contribution in [0.25, 0.3) is 0 Å². The monoisotopic (exact) mass is 357 g/mol. The molecule has 0 saturated heterocycles. The van der Waals surface area contributed by atoms with Gasteiger partial charge >= 0.3 is 0 Å². The van der Waals surface area contributed by atoms with Gasteiger partial charge in [0.25, 0.3) is 5.91 Å². The molecule has 0 atom stereocenters. The lowest BCUT2D eigenvalue weighted by molar-refractivity contribution is 0.0980. The molecule has 0 radical (unpaired) electrons. The van der Waals surface area contributed by atoms with E-state index in [0.717, 1.165) is 12.1 Å². The molecule has 0 aromatic heterocycles. The van der Waals surface area contributed by atoms with Crippen LogP contribution in [0.2, 0.25) is 0 Å². The summed E-state index contributed by atoms with van der Waals surface area (Å²) in [5, 5.41) is 0. The number of hydrogen-bond acceptors (Lipinski definition) is 1. The Bertz CT molecular complexity index is 650. The normalized spacial score (nSPS) is 10.5. The van der Waals surface area contributed by atoms with E-state index < -0.39 is 28.9 Å². The van der Waals surface area contributed by atoms with Crippen molar-refractivity contribution >= 4 is 27.5 Å². The molecule has 0 aliphatic rings. The molecule has 1 amide bonds. The molecule has 0 saturated carbocycles. The third-order valence-electron chi connectivity index (χ3n) is 2.92. The Labute approximate surface area is 128 Å². The summed E-state index contributed by atoms with van der Waals surface area (Å²) >= 11 is 2.96. The van der Waals surface area contributed by atoms with E-state index in [1.54, 1.807) is 6.92 Å². The van der Waals surface area contributed by atoms with Gasteiger partial charge in [-0.1, -0.05) is 15.9 Å². The molecule has 0 aliphatic carbocycles. The molecule has 0 heterocycles. The first-order chi connectivity index (χ1) is 9.93. The smallest absolute Gasteiger partial charge is 0.264 e. The molecule has 0 unspecified atom stereocenters. The van der Waals surface area contributed by atoms with Crippen LogP contribution in [0.15, 0.2) is 40.9 Å². The van der Waals surface area contributed by atoms with Crippen LogP contribution in [-0.4, -0.2) is 12.5 Å². The topological polar surface area (TPSA) is 20.3 Å². The molecule has 2 rings (SSSR count). The number of carbonyl (C=O) groups is 1. The average Bonchev–Trinajstić information content (AvgIpc) is 2.40. The van der Waals surface area contributed by atoms with Gasteiger partial charge in [0.05, 0.1) is 0 Å². The molecule has 2 aromatic carbocycles. The van der Waals surface area contributed by atoms with Crippen molar-refractivity contribution in [3.05, 3.63) is 63.9 Å². The van der Waals surface area contributed by atoms with E-state index in [1.165, 1.54) is 29.2 Å². The van der Waals surface area contributed by atoms with E-state index in [-0.39, 0.29) is 11.0 Å². The predicted molar refractivity (Wildman–Crippen MR) is 77.8 cm³/mol. The van der Waals surface area contributed by atoms with Crippen LogP contribution in [0.1, 0.15) is 17.3 Å². The van der Waals surface area contributed by atoms with E-state index in [1.807, 2.05) is 0 Å². The van der Waals surface area contributed by atoms with Crippen LogP contribution >= 0.6 is 15.9 Å². The van der Waals surface area contributed by atoms with Crippen molar-refractivity contribution in [2.24, 2.45) is 0 Å². The van der Waals surface area contributed by atoms with Gasteiger partial charge in [0.15, 0.2) is 0 Å². The SMILES string of the molecule is CCN(C(=O)c1c(F)cc(Br)cc1F)c1ccc(F)cc1. The molecule has 6 heteroatoms. The van der Waals surface area contributed by atoms with E-state index >= 15 is 0 Å². The molecule has 21 heavy (non-hydrogen) atoms. The van der Waals surface area contributed by atoms with Crippen LogP contribution in [0.4, 0.5) is 18.9 Å². The summed E-state index contributed by atoms with van der Waals surface area (Å²) in [5.74, 6) is -3.17. The third-order valence-corrected chi connectivity index (χ3v) is 3.38. The molecular weight excluding hydrogens is 347 g/mol. The van der Waals surface area contributed by atoms with Crippen molar-refractivity contribution < 1.29 is 18.0 Å². The minimum atomic E-state index is -0.951. The molecule has 0 fully saturated rings. The fraction of sp³-hybridized carbons (Fsp3) is 0.133. The lowest BCUT2D eigenvalue weighted by atomic mass is 10.1. The second-order valence-corrected chi connectivity index (χ2v) is 5.19. The van der Waals surface area contributed by atoms with Crippen molar-refractivity contribution in [2.45, 2.75) is 6.92 Å². The summed E-state index contributed by atoms with van der Waals surface area (Å²) in [5.41, 5.74) is -0.269. The third kappa shape index (κ3) is 3.26. The lowest BCUT2D eigenvalue weighted by Crippen LogP contribution is -2.32. The van der Waals surface area contributed by atoms with Gasteiger partial charge in [-0.05, 0) is 43.3 Å². The first-order valence-electron chi connectivity index (χ1n) is 6.16. The summed E-state index contributed by atoms with van der Waals surface area (Å²) in [6.45, 7) is 1.86. The molecule has 0 aliphatic heterocycles. The number of hydrogen-bond donors (Lipinski definition) is 0. The number of carbonyl (C=O) groups excluding carboxylic acids is 1. The van der Waals surface area contributed by atoms with Gasteiger partial charge in [0, 0.05) is 16.7 Å². The Morgan fingerprint density at radius 2 is 1.62 bits per heavy atom. The highest BCUT2D eigenvalue weighted by molar-refractivity contribution is 9.10. The molecule has 2 aromatic rings. The first kappa shape index (κ1) is 15.6. The van der Waals surface area contributed by atoms with E-state index in [2.05, 4.69) is 15.9 Å². The summed E-state index contributed by atoms with van der Waals surface area (Å²) < 4.78 is 40.9. The Balaban J connectivity index is 2.44. The highest BCUT2D eigenvalue weighted by atomic mass is 79.9. The molecule has 0 bridgehead atoms. The molecule has 2 nitrogen and oxygen atoms in total. The zero-order chi connectivity index (χ0) is 15.6. The van der Waals surface area contributed by atoms with Crippen molar-refractivity contribution in [1.82, 2.24) is 0 Å². The zero-order valence-corrected chi connectivity index (χ0v) is 12.6. The van der Waals surface area contributed by atoms with Crippen LogP contribution in [0, 0.1) is 17.5 Å². The fourth-order valence-corrected chi connectivity index (χ4v) is 2.35. The number of benzene rings is 2. The second-order valence-electron chi connectivity index (χ2n) is 4.27. The van der Waals surface area contributed by atoms with Crippen LogP contribution in [0.5, 0.6) is 0 Å². The maximum Gasteiger partial charge on any atom is 0.264 e. The van der Waals surface area contributed by atoms with Crippen molar-refractivity contribution in [3.63, 3.8) is 0 Å². The van der Waals surface area contributed by atoms with E-state index in [0.29, 0.717) is 5.69 Å². The molecular formula is C15H11BrF3NO. The van der Waals surface area contributed by atoms with Crippen LogP contribution in [-0.2, 0) is 0 Å². The minimum absolute atomic E-state index is 0.194. The maximum absolute atomic E-state index is 13.9. The minimum Gasteiger partial charge on any atom is -0.308 e. The summed E-state index contributed by atoms with van der Waals surface area (Å²) in [7, 11) is 0. The molecule has 110 valence electrons. The summed E-state index contributed by atoms with van der Waals surface area (Å²) in [6.07, 6.45) is 0. The van der Waals surface area contributed by atoms with Crippen molar-refractivity contribution in [2.75, 3.05) is 11.4 Å². The van der Waals surface area contributed by atoms with Crippen molar-refractivity contribution in [1.29, 1.82) is 0 Å². The highest BCUT2D eigenvalue weighted by Crippen LogP contribution is 2.23. The lowest BCUT2D eigenvalue weighted by Gasteiger charge is -2.21. The Hall–Kier alpha value is -1.82. The van der Waals surface area contributed by atoms with Gasteiger partial charge in [-0.15, -0.1) is 0 Å². The van der Waals surface area contributed by atoms with Crippen molar-refractivity contribution in [3.8, 4) is 0 Å². The maximum atomic E-state index is 13.9. The van der Waals surface area contributed by atoms with Crippen LogP contribution < -0.4 is 4.90 Å². The number of anilines is 1. The number of halogens is 4. The standard InChI is InChI=1S/C15H11BrF3NO/c1-2-20(11-5-3-10(17)4-6-11)15(21)14-12(18)7-9(16)8-13(14)19/h3-8H,2H2,1H3. The van der Waals surface area contributed by atoms with Gasteiger partial charge in [-0.3, -0.25) is 4.79 Å². The summed E-state index contributed by atoms with van der Waals surface area (Å²) in [4.78, 5) is 13.5. The Morgan fingerprint density at radius 3 is 2.10 bits per heavy atom. The number of nitrogens with zero attached hydrogens (tertiary/aromatic N) is 1. The first-order valence-corrected chi connectivity index (χ1v) is 6.95. The summed E-state index contributed by atoms with van der Waals surface area (Å²) in [6, 6.07) is 7.17.